The smallest absolute Gasteiger partial charge is 0.350 e. The second kappa shape index (κ2) is 9.40. The number of rotatable bonds is 5. The maximum absolute atomic E-state index is 13.4. The van der Waals surface area contributed by atoms with Crippen LogP contribution in [-0.4, -0.2) is 65.5 Å². The zero-order valence-corrected chi connectivity index (χ0v) is 16.2. The van der Waals surface area contributed by atoms with Crippen LogP contribution in [0.5, 0.6) is 0 Å². The van der Waals surface area contributed by atoms with Crippen molar-refractivity contribution in [1.29, 1.82) is 0 Å². The Morgan fingerprint density at radius 2 is 1.96 bits per heavy atom. The second-order valence-electron chi connectivity index (χ2n) is 6.51. The largest absolute Gasteiger partial charge is 0.405 e. The highest BCUT2D eigenvalue weighted by atomic mass is 35.5. The quantitative estimate of drug-likeness (QED) is 0.782. The van der Waals surface area contributed by atoms with E-state index in [4.69, 9.17) is 0 Å². The Labute approximate surface area is 167 Å². The lowest BCUT2D eigenvalue weighted by Gasteiger charge is -2.35. The van der Waals surface area contributed by atoms with Crippen LogP contribution < -0.4 is 10.6 Å². The van der Waals surface area contributed by atoms with Gasteiger partial charge in [-0.15, -0.1) is 12.4 Å². The van der Waals surface area contributed by atoms with Gasteiger partial charge in [0.2, 0.25) is 0 Å². The number of nitrogens with zero attached hydrogens (tertiary/aromatic N) is 3. The van der Waals surface area contributed by atoms with Crippen LogP contribution in [-0.2, 0) is 0 Å². The van der Waals surface area contributed by atoms with E-state index in [9.17, 15) is 18.0 Å². The van der Waals surface area contributed by atoms with E-state index in [0.717, 1.165) is 11.3 Å². The van der Waals surface area contributed by atoms with Crippen molar-refractivity contribution in [2.24, 2.45) is 0 Å². The number of benzene rings is 1. The first-order valence-corrected chi connectivity index (χ1v) is 8.76. The van der Waals surface area contributed by atoms with Gasteiger partial charge in [-0.25, -0.2) is 4.68 Å². The van der Waals surface area contributed by atoms with Crippen molar-refractivity contribution in [2.45, 2.75) is 19.1 Å². The molecule has 3 rings (SSSR count). The molecule has 1 unspecified atom stereocenters. The number of nitrogens with one attached hydrogen (secondary N) is 2. The van der Waals surface area contributed by atoms with Crippen LogP contribution in [0.1, 0.15) is 15.9 Å². The van der Waals surface area contributed by atoms with Crippen molar-refractivity contribution >= 4 is 18.3 Å². The van der Waals surface area contributed by atoms with Gasteiger partial charge in [-0.3, -0.25) is 9.69 Å². The maximum atomic E-state index is 13.4. The second-order valence-corrected chi connectivity index (χ2v) is 6.51. The fourth-order valence-corrected chi connectivity index (χ4v) is 3.13. The molecule has 1 aromatic heterocycles. The van der Waals surface area contributed by atoms with Gasteiger partial charge in [-0.1, -0.05) is 18.2 Å². The van der Waals surface area contributed by atoms with Crippen LogP contribution in [0.4, 0.5) is 13.2 Å². The summed E-state index contributed by atoms with van der Waals surface area (Å²) in [6.07, 6.45) is -1.53. The summed E-state index contributed by atoms with van der Waals surface area (Å²) in [4.78, 5) is 13.7. The molecular weight excluding hydrogens is 395 g/mol. The summed E-state index contributed by atoms with van der Waals surface area (Å²) in [5, 5.41) is 9.58. The lowest BCUT2D eigenvalue weighted by Crippen LogP contribution is -2.57. The Kier molecular flexibility index (Phi) is 7.45. The number of hydrogen-bond acceptors (Lipinski definition) is 4. The standard InChI is InChI=1S/C18H22F3N5O.ClH/c1-13-4-2-3-5-15(13)26-12-14(10-24-26)17(27)23-11-16(18(19,20)21)25-8-6-22-7-9-25;/h2-5,10,12,16,22H,6-9,11H2,1H3,(H,23,27);1H. The molecule has 1 saturated heterocycles. The monoisotopic (exact) mass is 417 g/mol. The summed E-state index contributed by atoms with van der Waals surface area (Å²) in [7, 11) is 0. The van der Waals surface area contributed by atoms with E-state index >= 15 is 0 Å². The molecule has 1 amide bonds. The predicted molar refractivity (Wildman–Crippen MR) is 102 cm³/mol. The van der Waals surface area contributed by atoms with Crippen LogP contribution in [0.25, 0.3) is 5.69 Å². The summed E-state index contributed by atoms with van der Waals surface area (Å²) in [6, 6.07) is 5.82. The number of piperazine rings is 1. The van der Waals surface area contributed by atoms with Gasteiger partial charge in [0.1, 0.15) is 6.04 Å². The SMILES string of the molecule is Cc1ccccc1-n1cc(C(=O)NCC(N2CCNCC2)C(F)(F)F)cn1.Cl. The minimum Gasteiger partial charge on any atom is -0.350 e. The molecule has 1 aliphatic heterocycles. The fraction of sp³-hybridized carbons (Fsp3) is 0.444. The van der Waals surface area contributed by atoms with Gasteiger partial charge in [-0.05, 0) is 18.6 Å². The van der Waals surface area contributed by atoms with Crippen molar-refractivity contribution in [3.63, 3.8) is 0 Å². The van der Waals surface area contributed by atoms with Crippen molar-refractivity contribution in [2.75, 3.05) is 32.7 Å². The van der Waals surface area contributed by atoms with Gasteiger partial charge >= 0.3 is 6.18 Å². The van der Waals surface area contributed by atoms with E-state index < -0.39 is 24.7 Å². The lowest BCUT2D eigenvalue weighted by atomic mass is 10.2. The third-order valence-corrected chi connectivity index (χ3v) is 4.63. The highest BCUT2D eigenvalue weighted by Gasteiger charge is 2.43. The first kappa shape index (κ1) is 22.2. The van der Waals surface area contributed by atoms with Gasteiger partial charge in [0.15, 0.2) is 0 Å². The number of aromatic nitrogens is 2. The summed E-state index contributed by atoms with van der Waals surface area (Å²) in [5.74, 6) is -0.570. The molecule has 28 heavy (non-hydrogen) atoms. The zero-order valence-electron chi connectivity index (χ0n) is 15.4. The number of aryl methyl sites for hydroxylation is 1. The van der Waals surface area contributed by atoms with Gasteiger partial charge in [0.05, 0.1) is 17.4 Å². The Morgan fingerprint density at radius 3 is 2.61 bits per heavy atom. The molecule has 10 heteroatoms. The molecule has 0 aliphatic carbocycles. The Morgan fingerprint density at radius 1 is 1.29 bits per heavy atom. The highest BCUT2D eigenvalue weighted by Crippen LogP contribution is 2.25. The molecule has 2 heterocycles. The van der Waals surface area contributed by atoms with Crippen molar-refractivity contribution in [1.82, 2.24) is 25.3 Å². The van der Waals surface area contributed by atoms with E-state index in [1.807, 2.05) is 31.2 Å². The molecule has 2 aromatic rings. The number of para-hydroxylation sites is 1. The summed E-state index contributed by atoms with van der Waals surface area (Å²) < 4.78 is 41.7. The summed E-state index contributed by atoms with van der Waals surface area (Å²) in [6.45, 7) is 3.03. The molecule has 1 aromatic carbocycles. The first-order chi connectivity index (χ1) is 12.9. The van der Waals surface area contributed by atoms with Crippen LogP contribution in [0.3, 0.4) is 0 Å². The van der Waals surface area contributed by atoms with E-state index in [-0.39, 0.29) is 18.0 Å². The number of amides is 1. The molecule has 1 atom stereocenters. The van der Waals surface area contributed by atoms with Crippen LogP contribution >= 0.6 is 12.4 Å². The number of carbonyl (C=O) groups is 1. The van der Waals surface area contributed by atoms with Gasteiger partial charge in [0, 0.05) is 38.9 Å². The molecule has 0 spiro atoms. The lowest BCUT2D eigenvalue weighted by molar-refractivity contribution is -0.183. The minimum absolute atomic E-state index is 0. The van der Waals surface area contributed by atoms with E-state index in [1.54, 1.807) is 4.68 Å². The van der Waals surface area contributed by atoms with Crippen molar-refractivity contribution < 1.29 is 18.0 Å². The normalized spacial score (nSPS) is 16.3. The molecule has 0 radical (unpaired) electrons. The van der Waals surface area contributed by atoms with E-state index in [0.29, 0.717) is 26.2 Å². The van der Waals surface area contributed by atoms with Crippen LogP contribution in [0.2, 0.25) is 0 Å². The Balaban J connectivity index is 0.00000280. The first-order valence-electron chi connectivity index (χ1n) is 8.76. The average molecular weight is 418 g/mol. The summed E-state index contributed by atoms with van der Waals surface area (Å²) in [5.41, 5.74) is 2.01. The van der Waals surface area contributed by atoms with E-state index in [2.05, 4.69) is 15.7 Å². The molecule has 1 fully saturated rings. The maximum Gasteiger partial charge on any atom is 0.405 e. The third kappa shape index (κ3) is 5.24. The predicted octanol–water partition coefficient (Wildman–Crippen LogP) is 2.17. The number of carbonyl (C=O) groups excluding carboxylic acids is 1. The fourth-order valence-electron chi connectivity index (χ4n) is 3.13. The Hall–Kier alpha value is -2.10. The van der Waals surface area contributed by atoms with Crippen LogP contribution in [0.15, 0.2) is 36.7 Å². The molecule has 154 valence electrons. The number of halogens is 4. The molecular formula is C18H23ClF3N5O. The van der Waals surface area contributed by atoms with E-state index in [1.165, 1.54) is 17.3 Å². The molecule has 0 bridgehead atoms. The molecule has 0 saturated carbocycles. The number of alkyl halides is 3. The van der Waals surface area contributed by atoms with Crippen LogP contribution in [0, 0.1) is 6.92 Å². The highest BCUT2D eigenvalue weighted by molar-refractivity contribution is 5.93. The van der Waals surface area contributed by atoms with Crippen molar-refractivity contribution in [3.05, 3.63) is 47.8 Å². The molecule has 6 nitrogen and oxygen atoms in total. The van der Waals surface area contributed by atoms with Gasteiger partial charge in [-0.2, -0.15) is 18.3 Å². The van der Waals surface area contributed by atoms with Gasteiger partial charge < -0.3 is 10.6 Å². The summed E-state index contributed by atoms with van der Waals surface area (Å²) >= 11 is 0. The molecule has 2 N–H and O–H groups in total. The van der Waals surface area contributed by atoms with Gasteiger partial charge in [0.25, 0.3) is 5.91 Å². The topological polar surface area (TPSA) is 62.2 Å². The zero-order chi connectivity index (χ0) is 19.4. The minimum atomic E-state index is -4.41. The third-order valence-electron chi connectivity index (χ3n) is 4.63. The average Bonchev–Trinajstić information content (AvgIpc) is 3.12. The Bertz CT molecular complexity index is 790. The van der Waals surface area contributed by atoms with Crippen molar-refractivity contribution in [3.8, 4) is 5.69 Å². The number of hydrogen-bond donors (Lipinski definition) is 2. The molecule has 1 aliphatic rings.